The SMILES string of the molecule is CC(C)(C)OC(=O)NC1CCC(CCN2CCC3=C(CC2)SC(CCC(F)(F)F)N3)CC1. The number of thioether (sulfide) groups is 1. The molecular weight excluding hydrogens is 439 g/mol. The van der Waals surface area contributed by atoms with E-state index in [-0.39, 0.29) is 23.9 Å². The van der Waals surface area contributed by atoms with Crippen molar-refractivity contribution < 1.29 is 22.7 Å². The Kier molecular flexibility index (Phi) is 8.69. The molecule has 1 fully saturated rings. The summed E-state index contributed by atoms with van der Waals surface area (Å²) in [6.07, 6.45) is 2.26. The molecule has 32 heavy (non-hydrogen) atoms. The Morgan fingerprint density at radius 2 is 1.81 bits per heavy atom. The Morgan fingerprint density at radius 3 is 2.47 bits per heavy atom. The predicted molar refractivity (Wildman–Crippen MR) is 122 cm³/mol. The van der Waals surface area contributed by atoms with Crippen LogP contribution in [0, 0.1) is 5.92 Å². The van der Waals surface area contributed by atoms with Crippen LogP contribution in [0.25, 0.3) is 0 Å². The van der Waals surface area contributed by atoms with E-state index < -0.39 is 18.2 Å². The third-order valence-electron chi connectivity index (χ3n) is 6.40. The number of alkyl carbamates (subject to hydrolysis) is 1. The summed E-state index contributed by atoms with van der Waals surface area (Å²) in [5.74, 6) is 0.689. The summed E-state index contributed by atoms with van der Waals surface area (Å²) in [6, 6.07) is 0.208. The maximum absolute atomic E-state index is 12.5. The largest absolute Gasteiger partial charge is 0.444 e. The smallest absolute Gasteiger partial charge is 0.407 e. The lowest BCUT2D eigenvalue weighted by Crippen LogP contribution is -2.41. The molecule has 9 heteroatoms. The summed E-state index contributed by atoms with van der Waals surface area (Å²) in [7, 11) is 0. The molecule has 184 valence electrons. The highest BCUT2D eigenvalue weighted by Gasteiger charge is 2.32. The lowest BCUT2D eigenvalue weighted by atomic mass is 9.84. The summed E-state index contributed by atoms with van der Waals surface area (Å²) < 4.78 is 42.8. The molecular formula is C23H38F3N3O2S. The van der Waals surface area contributed by atoms with Crippen molar-refractivity contribution >= 4 is 17.9 Å². The average Bonchev–Trinajstić information content (AvgIpc) is 2.97. The number of rotatable bonds is 6. The van der Waals surface area contributed by atoms with Gasteiger partial charge in [0.05, 0.1) is 5.37 Å². The van der Waals surface area contributed by atoms with Crippen LogP contribution in [0.1, 0.15) is 78.6 Å². The summed E-state index contributed by atoms with van der Waals surface area (Å²) in [6.45, 7) is 8.63. The van der Waals surface area contributed by atoms with Gasteiger partial charge in [0.25, 0.3) is 0 Å². The number of nitrogens with one attached hydrogen (secondary N) is 2. The number of carbonyl (C=O) groups excluding carboxylic acids is 1. The van der Waals surface area contributed by atoms with E-state index in [2.05, 4.69) is 15.5 Å². The minimum atomic E-state index is -4.08. The van der Waals surface area contributed by atoms with Crippen molar-refractivity contribution in [2.24, 2.45) is 5.92 Å². The maximum Gasteiger partial charge on any atom is 0.407 e. The Labute approximate surface area is 194 Å². The number of hydrogen-bond donors (Lipinski definition) is 2. The molecule has 2 N–H and O–H groups in total. The zero-order valence-corrected chi connectivity index (χ0v) is 20.3. The van der Waals surface area contributed by atoms with Crippen LogP contribution in [0.3, 0.4) is 0 Å². The van der Waals surface area contributed by atoms with Gasteiger partial charge in [-0.15, -0.1) is 11.8 Å². The summed E-state index contributed by atoms with van der Waals surface area (Å²) >= 11 is 1.60. The van der Waals surface area contributed by atoms with Gasteiger partial charge in [0.2, 0.25) is 0 Å². The molecule has 2 aliphatic heterocycles. The fourth-order valence-electron chi connectivity index (χ4n) is 4.69. The first-order valence-corrected chi connectivity index (χ1v) is 12.8. The second kappa shape index (κ2) is 10.9. The number of nitrogens with zero attached hydrogens (tertiary/aromatic N) is 1. The van der Waals surface area contributed by atoms with Gasteiger partial charge in [0.15, 0.2) is 0 Å². The third kappa shape index (κ3) is 8.69. The molecule has 3 aliphatic rings. The maximum atomic E-state index is 12.5. The summed E-state index contributed by atoms with van der Waals surface area (Å²) in [5, 5.41) is 6.21. The van der Waals surface area contributed by atoms with Gasteiger partial charge < -0.3 is 20.3 Å². The Hall–Kier alpha value is -1.09. The predicted octanol–water partition coefficient (Wildman–Crippen LogP) is 5.77. The Morgan fingerprint density at radius 1 is 1.12 bits per heavy atom. The number of halogens is 3. The lowest BCUT2D eigenvalue weighted by molar-refractivity contribution is -0.135. The van der Waals surface area contributed by atoms with Crippen molar-refractivity contribution in [2.45, 2.75) is 102 Å². The van der Waals surface area contributed by atoms with Crippen molar-refractivity contribution in [3.05, 3.63) is 10.6 Å². The average molecular weight is 478 g/mol. The van der Waals surface area contributed by atoms with E-state index in [1.807, 2.05) is 20.8 Å². The van der Waals surface area contributed by atoms with Crippen LogP contribution >= 0.6 is 11.8 Å². The first kappa shape index (κ1) is 25.5. The number of amides is 1. The van der Waals surface area contributed by atoms with Gasteiger partial charge in [-0.25, -0.2) is 4.79 Å². The molecule has 1 atom stereocenters. The van der Waals surface area contributed by atoms with Gasteiger partial charge in [-0.05, 0) is 78.2 Å². The highest BCUT2D eigenvalue weighted by molar-refractivity contribution is 8.03. The molecule has 0 bridgehead atoms. The van der Waals surface area contributed by atoms with E-state index in [0.717, 1.165) is 58.2 Å². The first-order valence-electron chi connectivity index (χ1n) is 11.9. The molecule has 5 nitrogen and oxygen atoms in total. The first-order chi connectivity index (χ1) is 15.0. The second-order valence-corrected chi connectivity index (χ2v) is 11.6. The fourth-order valence-corrected chi connectivity index (χ4v) is 5.99. The molecule has 1 unspecified atom stereocenters. The molecule has 0 aromatic carbocycles. The second-order valence-electron chi connectivity index (χ2n) is 10.3. The van der Waals surface area contributed by atoms with E-state index in [4.69, 9.17) is 4.74 Å². The minimum absolute atomic E-state index is 0.127. The normalized spacial score (nSPS) is 27.5. The van der Waals surface area contributed by atoms with Crippen molar-refractivity contribution in [3.63, 3.8) is 0 Å². The summed E-state index contributed by atoms with van der Waals surface area (Å²) in [4.78, 5) is 15.7. The number of carbonyl (C=O) groups is 1. The van der Waals surface area contributed by atoms with Crippen LogP contribution in [0.4, 0.5) is 18.0 Å². The van der Waals surface area contributed by atoms with Crippen LogP contribution in [0.15, 0.2) is 10.6 Å². The van der Waals surface area contributed by atoms with Gasteiger partial charge in [-0.2, -0.15) is 13.2 Å². The van der Waals surface area contributed by atoms with Gasteiger partial charge in [-0.1, -0.05) is 0 Å². The van der Waals surface area contributed by atoms with E-state index in [0.29, 0.717) is 5.92 Å². The van der Waals surface area contributed by atoms with Crippen LogP contribution in [-0.4, -0.2) is 53.8 Å². The van der Waals surface area contributed by atoms with Crippen LogP contribution in [-0.2, 0) is 4.74 Å². The quantitative estimate of drug-likeness (QED) is 0.508. The number of ether oxygens (including phenoxy) is 1. The van der Waals surface area contributed by atoms with E-state index >= 15 is 0 Å². The molecule has 0 radical (unpaired) electrons. The molecule has 0 spiro atoms. The fraction of sp³-hybridized carbons (Fsp3) is 0.870. The van der Waals surface area contributed by atoms with Crippen LogP contribution in [0.5, 0.6) is 0 Å². The molecule has 0 saturated heterocycles. The highest BCUT2D eigenvalue weighted by atomic mass is 32.2. The van der Waals surface area contributed by atoms with E-state index in [1.54, 1.807) is 11.8 Å². The van der Waals surface area contributed by atoms with Gasteiger partial charge >= 0.3 is 12.3 Å². The molecule has 1 saturated carbocycles. The number of alkyl halides is 3. The van der Waals surface area contributed by atoms with Crippen molar-refractivity contribution in [2.75, 3.05) is 19.6 Å². The minimum Gasteiger partial charge on any atom is -0.444 e. The zero-order valence-electron chi connectivity index (χ0n) is 19.5. The standard InChI is InChI=1S/C23H38F3N3O2S/c1-22(2,3)31-21(30)27-17-6-4-16(5-7-17)9-13-29-14-10-18-19(11-15-29)32-20(28-18)8-12-23(24,25)26/h16-17,20,28H,4-15H2,1-3H3,(H,27,30). The lowest BCUT2D eigenvalue weighted by Gasteiger charge is -2.31. The third-order valence-corrected chi connectivity index (χ3v) is 7.77. The molecule has 0 aromatic rings. The van der Waals surface area contributed by atoms with E-state index in [1.165, 1.54) is 17.0 Å². The van der Waals surface area contributed by atoms with Gasteiger partial charge in [0, 0.05) is 42.6 Å². The molecule has 1 amide bonds. The Bertz CT molecular complexity index is 650. The monoisotopic (exact) mass is 477 g/mol. The van der Waals surface area contributed by atoms with Crippen molar-refractivity contribution in [3.8, 4) is 0 Å². The van der Waals surface area contributed by atoms with Crippen molar-refractivity contribution in [1.29, 1.82) is 0 Å². The molecule has 3 rings (SSSR count). The van der Waals surface area contributed by atoms with Crippen molar-refractivity contribution in [1.82, 2.24) is 15.5 Å². The molecule has 1 aliphatic carbocycles. The van der Waals surface area contributed by atoms with E-state index in [9.17, 15) is 18.0 Å². The van der Waals surface area contributed by atoms with Crippen LogP contribution in [0.2, 0.25) is 0 Å². The molecule has 0 aromatic heterocycles. The summed E-state index contributed by atoms with van der Waals surface area (Å²) in [5.41, 5.74) is 0.694. The number of hydrogen-bond acceptors (Lipinski definition) is 5. The van der Waals surface area contributed by atoms with Gasteiger partial charge in [0.1, 0.15) is 5.60 Å². The van der Waals surface area contributed by atoms with Crippen LogP contribution < -0.4 is 10.6 Å². The topological polar surface area (TPSA) is 53.6 Å². The zero-order chi connectivity index (χ0) is 23.4. The highest BCUT2D eigenvalue weighted by Crippen LogP contribution is 2.39. The Balaban J connectivity index is 1.30. The molecule has 2 heterocycles. The van der Waals surface area contributed by atoms with Gasteiger partial charge in [-0.3, -0.25) is 0 Å².